The molecule has 0 amide bonds. The quantitative estimate of drug-likeness (QED) is 0.698. The van der Waals surface area contributed by atoms with Crippen LogP contribution >= 0.6 is 11.8 Å². The van der Waals surface area contributed by atoms with Gasteiger partial charge in [-0.25, -0.2) is 4.39 Å². The molecule has 4 rings (SSSR count). The first-order valence-electron chi connectivity index (χ1n) is 7.04. The molecule has 1 saturated heterocycles. The molecule has 22 heavy (non-hydrogen) atoms. The van der Waals surface area contributed by atoms with E-state index in [9.17, 15) is 19.5 Å². The minimum Gasteiger partial charge on any atom is -0.492 e. The van der Waals surface area contributed by atoms with Gasteiger partial charge in [-0.15, -0.1) is 16.5 Å². The number of aromatic hydroxyl groups is 1. The third kappa shape index (κ3) is 1.70. The predicted octanol–water partition coefficient (Wildman–Crippen LogP) is 2.16. The molecule has 0 bridgehead atoms. The Kier molecular flexibility index (Phi) is 2.90. The zero-order valence-corrected chi connectivity index (χ0v) is 12.4. The van der Waals surface area contributed by atoms with Crippen LogP contribution in [0.4, 0.5) is 15.8 Å². The van der Waals surface area contributed by atoms with Crippen LogP contribution in [0.5, 0.6) is 5.88 Å². The van der Waals surface area contributed by atoms with Gasteiger partial charge in [-0.05, 0) is 18.9 Å². The normalized spacial score (nSPS) is 17.0. The fourth-order valence-corrected chi connectivity index (χ4v) is 4.26. The summed E-state index contributed by atoms with van der Waals surface area (Å²) in [7, 11) is 0. The van der Waals surface area contributed by atoms with Crippen molar-refractivity contribution in [2.75, 3.05) is 29.2 Å². The second kappa shape index (κ2) is 4.70. The first kappa shape index (κ1) is 13.6. The zero-order valence-electron chi connectivity index (χ0n) is 11.6. The number of rotatable bonds is 1. The van der Waals surface area contributed by atoms with E-state index in [0.717, 1.165) is 25.9 Å². The van der Waals surface area contributed by atoms with Gasteiger partial charge in [0.05, 0.1) is 17.0 Å². The number of thioether (sulfide) groups is 1. The van der Waals surface area contributed by atoms with Crippen molar-refractivity contribution in [3.05, 3.63) is 22.2 Å². The van der Waals surface area contributed by atoms with Gasteiger partial charge in [0.25, 0.3) is 0 Å². The largest absolute Gasteiger partial charge is 0.492 e. The smallest absolute Gasteiger partial charge is 0.310 e. The van der Waals surface area contributed by atoms with E-state index in [2.05, 4.69) is 5.32 Å². The fourth-order valence-electron chi connectivity index (χ4n) is 3.18. The molecule has 0 unspecified atom stereocenters. The van der Waals surface area contributed by atoms with Gasteiger partial charge < -0.3 is 20.5 Å². The van der Waals surface area contributed by atoms with Crippen LogP contribution in [0.3, 0.4) is 0 Å². The van der Waals surface area contributed by atoms with Crippen molar-refractivity contribution in [3.63, 3.8) is 0 Å². The number of hydrogen-bond acceptors (Lipinski definition) is 6. The maximum absolute atomic E-state index is 14.6. The maximum atomic E-state index is 14.6. The summed E-state index contributed by atoms with van der Waals surface area (Å²) in [6.45, 7) is 1.56. The molecule has 0 spiro atoms. The Balaban J connectivity index is 2.13. The number of anilines is 2. The second-order valence-electron chi connectivity index (χ2n) is 5.43. The van der Waals surface area contributed by atoms with Crippen LogP contribution in [-0.4, -0.2) is 34.0 Å². The van der Waals surface area contributed by atoms with Gasteiger partial charge in [0.15, 0.2) is 0 Å². The molecule has 2 aromatic rings. The summed E-state index contributed by atoms with van der Waals surface area (Å²) in [5, 5.41) is 23.2. The third-order valence-electron chi connectivity index (χ3n) is 4.19. The third-order valence-corrected chi connectivity index (χ3v) is 5.17. The van der Waals surface area contributed by atoms with E-state index in [1.807, 2.05) is 4.90 Å². The molecular weight excluding hydrogens is 309 g/mol. The number of hydrogen-bond donors (Lipinski definition) is 3. The summed E-state index contributed by atoms with van der Waals surface area (Å²) in [4.78, 5) is 14.7. The second-order valence-corrected chi connectivity index (χ2v) is 6.42. The zero-order chi connectivity index (χ0) is 15.4. The average Bonchev–Trinajstić information content (AvgIpc) is 3.04. The van der Waals surface area contributed by atoms with Crippen LogP contribution < -0.4 is 15.8 Å². The maximum Gasteiger partial charge on any atom is 0.310 e. The lowest BCUT2D eigenvalue weighted by Crippen LogP contribution is -2.26. The van der Waals surface area contributed by atoms with E-state index in [-0.39, 0.29) is 15.8 Å². The molecule has 0 aliphatic carbocycles. The minimum absolute atomic E-state index is 0.132. The number of nitrogens with one attached hydrogen (secondary N) is 1. The molecule has 1 aromatic carbocycles. The summed E-state index contributed by atoms with van der Waals surface area (Å²) in [5.74, 6) is -0.674. The summed E-state index contributed by atoms with van der Waals surface area (Å²) < 4.78 is 14.8. The van der Waals surface area contributed by atoms with E-state index in [0.29, 0.717) is 21.8 Å². The molecule has 2 aliphatic rings. The van der Waals surface area contributed by atoms with Crippen molar-refractivity contribution >= 4 is 33.9 Å². The average molecular weight is 323 g/mol. The predicted molar refractivity (Wildman–Crippen MR) is 82.8 cm³/mol. The highest BCUT2D eigenvalue weighted by Gasteiger charge is 2.29. The molecule has 0 saturated carbocycles. The van der Waals surface area contributed by atoms with E-state index < -0.39 is 17.3 Å². The van der Waals surface area contributed by atoms with E-state index in [1.165, 1.54) is 17.8 Å². The van der Waals surface area contributed by atoms with Crippen molar-refractivity contribution in [1.29, 1.82) is 0 Å². The number of benzene rings is 1. The van der Waals surface area contributed by atoms with Gasteiger partial charge in [-0.2, -0.15) is 0 Å². The van der Waals surface area contributed by atoms with Crippen LogP contribution in [0.2, 0.25) is 0 Å². The molecule has 3 N–H and O–H groups in total. The summed E-state index contributed by atoms with van der Waals surface area (Å²) in [5.41, 5.74) is -0.0396. The highest BCUT2D eigenvalue weighted by Crippen LogP contribution is 2.46. The van der Waals surface area contributed by atoms with Crippen LogP contribution in [0, 0.1) is 5.82 Å². The molecule has 1 aromatic heterocycles. The number of halogens is 1. The lowest BCUT2D eigenvalue weighted by Gasteiger charge is -2.27. The highest BCUT2D eigenvalue weighted by molar-refractivity contribution is 7.99. The molecule has 0 radical (unpaired) electrons. The topological polar surface area (TPSA) is 77.7 Å². The van der Waals surface area contributed by atoms with E-state index in [1.54, 1.807) is 0 Å². The van der Waals surface area contributed by atoms with Crippen LogP contribution in [0.1, 0.15) is 12.8 Å². The summed E-state index contributed by atoms with van der Waals surface area (Å²) >= 11 is 1.40. The molecule has 116 valence electrons. The lowest BCUT2D eigenvalue weighted by atomic mass is 10.1. The molecule has 6 nitrogen and oxygen atoms in total. The molecular formula is C14H14FN3O3S. The van der Waals surface area contributed by atoms with Gasteiger partial charge in [0, 0.05) is 23.4 Å². The van der Waals surface area contributed by atoms with E-state index in [4.69, 9.17) is 0 Å². The van der Waals surface area contributed by atoms with Crippen molar-refractivity contribution in [2.45, 2.75) is 17.7 Å². The van der Waals surface area contributed by atoms with Crippen LogP contribution in [-0.2, 0) is 0 Å². The summed E-state index contributed by atoms with van der Waals surface area (Å²) in [6, 6.07) is 1.19. The molecule has 3 heterocycles. The SMILES string of the molecule is O=c1c2c3c(c(N4CCCC4)c(F)cc3c(O)n1O)SCN2. The van der Waals surface area contributed by atoms with E-state index >= 15 is 0 Å². The first-order chi connectivity index (χ1) is 10.6. The fraction of sp³-hybridized carbons (Fsp3) is 0.357. The van der Waals surface area contributed by atoms with Gasteiger partial charge in [-0.3, -0.25) is 4.79 Å². The van der Waals surface area contributed by atoms with Gasteiger partial charge in [0.2, 0.25) is 5.88 Å². The van der Waals surface area contributed by atoms with Gasteiger partial charge in [-0.1, -0.05) is 0 Å². The van der Waals surface area contributed by atoms with Gasteiger partial charge in [0.1, 0.15) is 11.5 Å². The molecule has 8 heteroatoms. The molecule has 0 atom stereocenters. The standard InChI is InChI=1S/C14H14FN3O3S/c15-8-5-7-9-10(14(20)18(21)13(7)19)16-6-22-12(9)11(8)17-3-1-2-4-17/h5,16,19,21H,1-4,6H2. The van der Waals surface area contributed by atoms with Crippen molar-refractivity contribution in [3.8, 4) is 5.88 Å². The highest BCUT2D eigenvalue weighted by atomic mass is 32.2. The van der Waals surface area contributed by atoms with Crippen molar-refractivity contribution in [2.24, 2.45) is 0 Å². The Morgan fingerprint density at radius 1 is 1.32 bits per heavy atom. The van der Waals surface area contributed by atoms with Crippen molar-refractivity contribution in [1.82, 2.24) is 4.73 Å². The van der Waals surface area contributed by atoms with Crippen molar-refractivity contribution < 1.29 is 14.7 Å². The Morgan fingerprint density at radius 2 is 2.05 bits per heavy atom. The number of aromatic nitrogens is 1. The lowest BCUT2D eigenvalue weighted by molar-refractivity contribution is 0.146. The monoisotopic (exact) mass is 323 g/mol. The Labute approximate surface area is 129 Å². The molecule has 1 fully saturated rings. The number of pyridine rings is 1. The van der Waals surface area contributed by atoms with Crippen LogP contribution in [0.15, 0.2) is 15.8 Å². The Hall–Kier alpha value is -2.09. The van der Waals surface area contributed by atoms with Crippen LogP contribution in [0.25, 0.3) is 10.8 Å². The minimum atomic E-state index is -0.731. The molecule has 2 aliphatic heterocycles. The Morgan fingerprint density at radius 3 is 2.77 bits per heavy atom. The van der Waals surface area contributed by atoms with Gasteiger partial charge >= 0.3 is 5.56 Å². The number of nitrogens with zero attached hydrogens (tertiary/aromatic N) is 2. The Bertz CT molecular complexity index is 846. The summed E-state index contributed by atoms with van der Waals surface area (Å²) in [6.07, 6.45) is 2.02. The first-order valence-corrected chi connectivity index (χ1v) is 8.03.